The maximum atomic E-state index is 12.4. The first-order valence-electron chi connectivity index (χ1n) is 7.76. The van der Waals surface area contributed by atoms with Crippen LogP contribution in [-0.4, -0.2) is 30.3 Å². The monoisotopic (exact) mass is 406 g/mol. The average Bonchev–Trinajstić information content (AvgIpc) is 2.66. The number of esters is 1. The fourth-order valence-electron chi connectivity index (χ4n) is 2.15. The molecule has 0 bridgehead atoms. The van der Waals surface area contributed by atoms with Crippen molar-refractivity contribution in [2.24, 2.45) is 0 Å². The maximum absolute atomic E-state index is 12.4. The van der Waals surface area contributed by atoms with Crippen molar-refractivity contribution in [1.82, 2.24) is 0 Å². The quantitative estimate of drug-likeness (QED) is 0.289. The minimum absolute atomic E-state index is 0.211. The highest BCUT2D eigenvalue weighted by atomic mass is 79.9. The zero-order chi connectivity index (χ0) is 18.2. The Bertz CT molecular complexity index is 730. The molecule has 0 amide bonds. The molecule has 0 saturated carbocycles. The van der Waals surface area contributed by atoms with Crippen LogP contribution in [0, 0.1) is 0 Å². The number of methoxy groups -OCH3 is 1. The van der Waals surface area contributed by atoms with Crippen LogP contribution < -0.4 is 9.47 Å². The van der Waals surface area contributed by atoms with E-state index in [1.807, 2.05) is 30.3 Å². The lowest BCUT2D eigenvalue weighted by Crippen LogP contribution is -2.26. The van der Waals surface area contributed by atoms with E-state index in [0.717, 1.165) is 5.56 Å². The van der Waals surface area contributed by atoms with Crippen molar-refractivity contribution in [3.05, 3.63) is 59.7 Å². The number of carbonyl (C=O) groups excluding carboxylic acids is 2. The fraction of sp³-hybridized carbons (Fsp3) is 0.263. The summed E-state index contributed by atoms with van der Waals surface area (Å²) in [5, 5.41) is 0. The van der Waals surface area contributed by atoms with Gasteiger partial charge in [0.05, 0.1) is 13.7 Å². The number of benzene rings is 2. The maximum Gasteiger partial charge on any atom is 0.327 e. The first-order valence-corrected chi connectivity index (χ1v) is 8.68. The molecule has 0 aliphatic carbocycles. The van der Waals surface area contributed by atoms with Crippen LogP contribution in [0.2, 0.25) is 0 Å². The van der Waals surface area contributed by atoms with Crippen LogP contribution in [0.5, 0.6) is 11.5 Å². The highest BCUT2D eigenvalue weighted by Gasteiger charge is 2.26. The molecule has 2 rings (SSSR count). The third kappa shape index (κ3) is 5.06. The number of ether oxygens (including phenoxy) is 3. The molecule has 132 valence electrons. The predicted molar refractivity (Wildman–Crippen MR) is 97.4 cm³/mol. The van der Waals surface area contributed by atoms with Crippen molar-refractivity contribution in [3.63, 3.8) is 0 Å². The van der Waals surface area contributed by atoms with Crippen molar-refractivity contribution in [2.75, 3.05) is 13.7 Å². The molecule has 2 aromatic rings. The van der Waals surface area contributed by atoms with E-state index in [2.05, 4.69) is 15.9 Å². The number of alkyl halides is 1. The lowest BCUT2D eigenvalue weighted by molar-refractivity contribution is -0.141. The molecular weight excluding hydrogens is 388 g/mol. The minimum Gasteiger partial charge on any atom is -0.493 e. The Morgan fingerprint density at radius 1 is 1.08 bits per heavy atom. The van der Waals surface area contributed by atoms with Gasteiger partial charge in [-0.3, -0.25) is 9.59 Å². The van der Waals surface area contributed by atoms with Gasteiger partial charge in [-0.25, -0.2) is 0 Å². The number of Topliss-reactive ketones (excluding diaryl/α,β-unsaturated/α-hetero) is 1. The SMILES string of the molecule is CCOC(=O)C(Br)C(=O)c1ccc(OC)c(OCc2ccccc2)c1. The summed E-state index contributed by atoms with van der Waals surface area (Å²) in [6.07, 6.45) is 0. The molecule has 5 nitrogen and oxygen atoms in total. The first-order chi connectivity index (χ1) is 12.1. The van der Waals surface area contributed by atoms with Gasteiger partial charge in [-0.15, -0.1) is 0 Å². The second-order valence-corrected chi connectivity index (χ2v) is 6.03. The van der Waals surface area contributed by atoms with Crippen LogP contribution >= 0.6 is 15.9 Å². The van der Waals surface area contributed by atoms with E-state index in [4.69, 9.17) is 14.2 Å². The number of carbonyl (C=O) groups is 2. The third-order valence-electron chi connectivity index (χ3n) is 3.41. The lowest BCUT2D eigenvalue weighted by Gasteiger charge is -2.13. The smallest absolute Gasteiger partial charge is 0.327 e. The second-order valence-electron chi connectivity index (χ2n) is 5.12. The molecule has 0 N–H and O–H groups in total. The van der Waals surface area contributed by atoms with E-state index < -0.39 is 16.6 Å². The van der Waals surface area contributed by atoms with Gasteiger partial charge in [-0.05, 0) is 30.7 Å². The van der Waals surface area contributed by atoms with E-state index >= 15 is 0 Å². The van der Waals surface area contributed by atoms with Gasteiger partial charge in [0.15, 0.2) is 22.1 Å². The molecule has 25 heavy (non-hydrogen) atoms. The van der Waals surface area contributed by atoms with E-state index in [0.29, 0.717) is 23.7 Å². The van der Waals surface area contributed by atoms with Crippen LogP contribution in [0.25, 0.3) is 0 Å². The van der Waals surface area contributed by atoms with E-state index in [-0.39, 0.29) is 6.61 Å². The average molecular weight is 407 g/mol. The van der Waals surface area contributed by atoms with Crippen LogP contribution in [0.3, 0.4) is 0 Å². The van der Waals surface area contributed by atoms with Gasteiger partial charge in [0, 0.05) is 5.56 Å². The molecule has 0 aromatic heterocycles. The summed E-state index contributed by atoms with van der Waals surface area (Å²) in [7, 11) is 1.53. The zero-order valence-corrected chi connectivity index (χ0v) is 15.6. The summed E-state index contributed by atoms with van der Waals surface area (Å²) >= 11 is 3.09. The van der Waals surface area contributed by atoms with Crippen LogP contribution in [0.1, 0.15) is 22.8 Å². The standard InChI is InChI=1S/C19H19BrO5/c1-3-24-19(22)17(20)18(21)14-9-10-15(23-2)16(11-14)25-12-13-7-5-4-6-8-13/h4-11,17H,3,12H2,1-2H3. The number of hydrogen-bond acceptors (Lipinski definition) is 5. The minimum atomic E-state index is -1.05. The highest BCUT2D eigenvalue weighted by molar-refractivity contribution is 9.10. The highest BCUT2D eigenvalue weighted by Crippen LogP contribution is 2.30. The normalized spacial score (nSPS) is 11.5. The van der Waals surface area contributed by atoms with Crippen LogP contribution in [0.4, 0.5) is 0 Å². The van der Waals surface area contributed by atoms with Crippen LogP contribution in [0.15, 0.2) is 48.5 Å². The lowest BCUT2D eigenvalue weighted by atomic mass is 10.1. The molecule has 1 atom stereocenters. The van der Waals surface area contributed by atoms with Crippen molar-refractivity contribution in [1.29, 1.82) is 0 Å². The molecule has 1 unspecified atom stereocenters. The molecule has 6 heteroatoms. The Hall–Kier alpha value is -2.34. The van der Waals surface area contributed by atoms with Crippen molar-refractivity contribution >= 4 is 27.7 Å². The number of halogens is 1. The van der Waals surface area contributed by atoms with E-state index in [1.54, 1.807) is 25.1 Å². The Morgan fingerprint density at radius 2 is 1.80 bits per heavy atom. The number of rotatable bonds is 8. The molecule has 0 heterocycles. The van der Waals surface area contributed by atoms with Gasteiger partial charge in [0.1, 0.15) is 6.61 Å². The molecular formula is C19H19BrO5. The summed E-state index contributed by atoms with van der Waals surface area (Å²) in [6, 6.07) is 14.4. The van der Waals surface area contributed by atoms with Crippen molar-refractivity contribution in [2.45, 2.75) is 18.4 Å². The Labute approximate surface area is 155 Å². The molecule has 0 aliphatic rings. The topological polar surface area (TPSA) is 61.8 Å². The Balaban J connectivity index is 2.18. The predicted octanol–water partition coefficient (Wildman–Crippen LogP) is 3.78. The van der Waals surface area contributed by atoms with Gasteiger partial charge in [0.25, 0.3) is 0 Å². The molecule has 0 radical (unpaired) electrons. The van der Waals surface area contributed by atoms with E-state index in [1.165, 1.54) is 7.11 Å². The van der Waals surface area contributed by atoms with Crippen molar-refractivity contribution in [3.8, 4) is 11.5 Å². The summed E-state index contributed by atoms with van der Waals surface area (Å²) in [6.45, 7) is 2.23. The van der Waals surface area contributed by atoms with Gasteiger partial charge in [-0.1, -0.05) is 46.3 Å². The first kappa shape index (κ1) is 19.0. The second kappa shape index (κ2) is 9.22. The summed E-state index contributed by atoms with van der Waals surface area (Å²) in [4.78, 5) is 23.1. The molecule has 0 fully saturated rings. The zero-order valence-electron chi connectivity index (χ0n) is 14.0. The Kier molecular flexibility index (Phi) is 7.01. The fourth-order valence-corrected chi connectivity index (χ4v) is 2.54. The van der Waals surface area contributed by atoms with Gasteiger partial charge >= 0.3 is 5.97 Å². The largest absolute Gasteiger partial charge is 0.493 e. The number of ketones is 1. The molecule has 0 spiro atoms. The van der Waals surface area contributed by atoms with E-state index in [9.17, 15) is 9.59 Å². The van der Waals surface area contributed by atoms with Gasteiger partial charge < -0.3 is 14.2 Å². The molecule has 2 aromatic carbocycles. The number of hydrogen-bond donors (Lipinski definition) is 0. The summed E-state index contributed by atoms with van der Waals surface area (Å²) < 4.78 is 15.9. The Morgan fingerprint density at radius 3 is 2.44 bits per heavy atom. The van der Waals surface area contributed by atoms with Gasteiger partial charge in [0.2, 0.25) is 0 Å². The van der Waals surface area contributed by atoms with Gasteiger partial charge in [-0.2, -0.15) is 0 Å². The van der Waals surface area contributed by atoms with Crippen LogP contribution in [-0.2, 0) is 16.1 Å². The molecule has 0 aliphatic heterocycles. The summed E-state index contributed by atoms with van der Waals surface area (Å²) in [5.74, 6) is -0.0729. The molecule has 0 saturated heterocycles. The third-order valence-corrected chi connectivity index (χ3v) is 4.20. The summed E-state index contributed by atoms with van der Waals surface area (Å²) in [5.41, 5.74) is 1.32. The van der Waals surface area contributed by atoms with Crippen molar-refractivity contribution < 1.29 is 23.8 Å².